The Kier molecular flexibility index (Phi) is 4.34. The lowest BCUT2D eigenvalue weighted by Crippen LogP contribution is -2.52. The van der Waals surface area contributed by atoms with Crippen molar-refractivity contribution in [3.05, 3.63) is 29.6 Å². The third kappa shape index (κ3) is 3.03. The molecule has 0 spiro atoms. The van der Waals surface area contributed by atoms with Crippen LogP contribution in [0, 0.1) is 5.92 Å². The van der Waals surface area contributed by atoms with Gasteiger partial charge in [0.15, 0.2) is 0 Å². The molecule has 4 nitrogen and oxygen atoms in total. The van der Waals surface area contributed by atoms with E-state index in [2.05, 4.69) is 34.0 Å². The lowest BCUT2D eigenvalue weighted by molar-refractivity contribution is 0.0350. The Morgan fingerprint density at radius 2 is 2.10 bits per heavy atom. The fraction of sp³-hybridized carbons (Fsp3) is 0.688. The Labute approximate surface area is 122 Å². The smallest absolute Gasteiger partial charge is 0.0547 e. The zero-order chi connectivity index (χ0) is 13.9. The van der Waals surface area contributed by atoms with E-state index in [1.165, 1.54) is 38.9 Å². The standard InChI is InChI=1S/C16H26N4/c1-19-8-3-4-13-11-20(9-7-16(13)19)12-15-6-2-5-14(10-17)18-15/h2,5-6,13,16H,3-4,7-12,17H2,1H3. The molecule has 0 aliphatic carbocycles. The number of hydrogen-bond donors (Lipinski definition) is 1. The molecule has 1 aromatic heterocycles. The van der Waals surface area contributed by atoms with Crippen LogP contribution in [0.5, 0.6) is 0 Å². The molecule has 3 rings (SSSR count). The largest absolute Gasteiger partial charge is 0.325 e. The van der Waals surface area contributed by atoms with Crippen LogP contribution in [-0.4, -0.2) is 47.5 Å². The minimum absolute atomic E-state index is 0.531. The van der Waals surface area contributed by atoms with Crippen molar-refractivity contribution in [2.45, 2.75) is 38.4 Å². The van der Waals surface area contributed by atoms with Gasteiger partial charge in [0.2, 0.25) is 0 Å². The summed E-state index contributed by atoms with van der Waals surface area (Å²) in [6.45, 7) is 5.20. The fourth-order valence-electron chi connectivity index (χ4n) is 3.83. The molecule has 1 aromatic rings. The van der Waals surface area contributed by atoms with Crippen molar-refractivity contribution in [1.29, 1.82) is 0 Å². The van der Waals surface area contributed by atoms with Crippen LogP contribution in [0.1, 0.15) is 30.7 Å². The van der Waals surface area contributed by atoms with Crippen LogP contribution in [0.4, 0.5) is 0 Å². The van der Waals surface area contributed by atoms with Gasteiger partial charge in [-0.05, 0) is 50.9 Å². The maximum atomic E-state index is 5.67. The van der Waals surface area contributed by atoms with Crippen LogP contribution in [0.3, 0.4) is 0 Å². The predicted octanol–water partition coefficient (Wildman–Crippen LogP) is 1.46. The van der Waals surface area contributed by atoms with E-state index in [9.17, 15) is 0 Å². The highest BCUT2D eigenvalue weighted by atomic mass is 15.2. The normalized spacial score (nSPS) is 28.3. The molecule has 20 heavy (non-hydrogen) atoms. The Hall–Kier alpha value is -0.970. The van der Waals surface area contributed by atoms with Gasteiger partial charge in [-0.15, -0.1) is 0 Å². The molecule has 3 heterocycles. The van der Waals surface area contributed by atoms with Crippen molar-refractivity contribution in [3.63, 3.8) is 0 Å². The van der Waals surface area contributed by atoms with Crippen LogP contribution in [0.15, 0.2) is 18.2 Å². The topological polar surface area (TPSA) is 45.4 Å². The molecule has 2 fully saturated rings. The molecular weight excluding hydrogens is 248 g/mol. The Balaban J connectivity index is 1.61. The second-order valence-corrected chi connectivity index (χ2v) is 6.30. The Morgan fingerprint density at radius 3 is 2.95 bits per heavy atom. The van der Waals surface area contributed by atoms with Gasteiger partial charge in [-0.2, -0.15) is 0 Å². The van der Waals surface area contributed by atoms with E-state index < -0.39 is 0 Å². The number of piperidine rings is 2. The molecule has 2 aliphatic rings. The highest BCUT2D eigenvalue weighted by Gasteiger charge is 2.34. The van der Waals surface area contributed by atoms with Crippen molar-refractivity contribution in [2.24, 2.45) is 11.7 Å². The third-order valence-corrected chi connectivity index (χ3v) is 4.89. The van der Waals surface area contributed by atoms with E-state index in [0.717, 1.165) is 29.9 Å². The lowest BCUT2D eigenvalue weighted by atomic mass is 9.84. The van der Waals surface area contributed by atoms with E-state index in [1.54, 1.807) is 0 Å². The van der Waals surface area contributed by atoms with Crippen molar-refractivity contribution in [1.82, 2.24) is 14.8 Å². The first kappa shape index (κ1) is 14.0. The van der Waals surface area contributed by atoms with Gasteiger partial charge in [-0.3, -0.25) is 9.88 Å². The summed E-state index contributed by atoms with van der Waals surface area (Å²) in [4.78, 5) is 9.77. The van der Waals surface area contributed by atoms with Crippen molar-refractivity contribution >= 4 is 0 Å². The number of nitrogens with zero attached hydrogens (tertiary/aromatic N) is 3. The van der Waals surface area contributed by atoms with Gasteiger partial charge in [-0.1, -0.05) is 6.07 Å². The van der Waals surface area contributed by atoms with Crippen molar-refractivity contribution in [3.8, 4) is 0 Å². The van der Waals surface area contributed by atoms with Crippen LogP contribution >= 0.6 is 0 Å². The quantitative estimate of drug-likeness (QED) is 0.906. The van der Waals surface area contributed by atoms with Gasteiger partial charge in [0.25, 0.3) is 0 Å². The molecule has 0 aromatic carbocycles. The molecule has 110 valence electrons. The number of nitrogens with two attached hydrogens (primary N) is 1. The predicted molar refractivity (Wildman–Crippen MR) is 81.2 cm³/mol. The average molecular weight is 274 g/mol. The average Bonchev–Trinajstić information content (AvgIpc) is 2.47. The van der Waals surface area contributed by atoms with Crippen LogP contribution < -0.4 is 5.73 Å². The molecule has 0 radical (unpaired) electrons. The minimum Gasteiger partial charge on any atom is -0.325 e. The summed E-state index contributed by atoms with van der Waals surface area (Å²) in [5.74, 6) is 0.847. The molecule has 2 atom stereocenters. The summed E-state index contributed by atoms with van der Waals surface area (Å²) in [7, 11) is 2.29. The van der Waals surface area contributed by atoms with Gasteiger partial charge in [0.05, 0.1) is 11.4 Å². The molecule has 4 heteroatoms. The molecule has 0 bridgehead atoms. The highest BCUT2D eigenvalue weighted by molar-refractivity contribution is 5.11. The molecule has 2 aliphatic heterocycles. The maximum absolute atomic E-state index is 5.67. The second-order valence-electron chi connectivity index (χ2n) is 6.30. The number of aromatic nitrogens is 1. The van der Waals surface area contributed by atoms with Gasteiger partial charge in [0, 0.05) is 32.2 Å². The summed E-state index contributed by atoms with van der Waals surface area (Å²) < 4.78 is 0. The molecule has 0 amide bonds. The Morgan fingerprint density at radius 1 is 1.25 bits per heavy atom. The van der Waals surface area contributed by atoms with Gasteiger partial charge in [0.1, 0.15) is 0 Å². The first-order valence-electron chi connectivity index (χ1n) is 7.83. The van der Waals surface area contributed by atoms with Crippen LogP contribution in [0.2, 0.25) is 0 Å². The van der Waals surface area contributed by atoms with E-state index in [-0.39, 0.29) is 0 Å². The lowest BCUT2D eigenvalue weighted by Gasteiger charge is -2.46. The summed E-state index contributed by atoms with van der Waals surface area (Å²) in [5, 5.41) is 0. The van der Waals surface area contributed by atoms with Gasteiger partial charge < -0.3 is 10.6 Å². The second kappa shape index (κ2) is 6.20. The van der Waals surface area contributed by atoms with Crippen LogP contribution in [-0.2, 0) is 13.1 Å². The zero-order valence-corrected chi connectivity index (χ0v) is 12.5. The minimum atomic E-state index is 0.531. The zero-order valence-electron chi connectivity index (χ0n) is 12.5. The molecular formula is C16H26N4. The van der Waals surface area contributed by atoms with Crippen LogP contribution in [0.25, 0.3) is 0 Å². The number of hydrogen-bond acceptors (Lipinski definition) is 4. The summed E-state index contributed by atoms with van der Waals surface area (Å²) in [6, 6.07) is 7.01. The van der Waals surface area contributed by atoms with Gasteiger partial charge in [-0.25, -0.2) is 0 Å². The number of rotatable bonds is 3. The fourth-order valence-corrected chi connectivity index (χ4v) is 3.83. The first-order valence-corrected chi connectivity index (χ1v) is 7.83. The number of fused-ring (bicyclic) bond motifs is 1. The summed E-state index contributed by atoms with van der Waals surface area (Å²) >= 11 is 0. The molecule has 2 saturated heterocycles. The summed E-state index contributed by atoms with van der Waals surface area (Å²) in [5.41, 5.74) is 7.83. The Bertz CT molecular complexity index is 448. The van der Waals surface area contributed by atoms with E-state index >= 15 is 0 Å². The summed E-state index contributed by atoms with van der Waals surface area (Å²) in [6.07, 6.45) is 4.05. The third-order valence-electron chi connectivity index (χ3n) is 4.89. The maximum Gasteiger partial charge on any atom is 0.0547 e. The number of pyridine rings is 1. The SMILES string of the molecule is CN1CCCC2CN(Cc3cccc(CN)n3)CCC21. The molecule has 2 N–H and O–H groups in total. The van der Waals surface area contributed by atoms with E-state index in [4.69, 9.17) is 5.73 Å². The first-order chi connectivity index (χ1) is 9.76. The van der Waals surface area contributed by atoms with Gasteiger partial charge >= 0.3 is 0 Å². The van der Waals surface area contributed by atoms with Crippen molar-refractivity contribution < 1.29 is 0 Å². The molecule has 2 unspecified atom stereocenters. The van der Waals surface area contributed by atoms with E-state index in [1.807, 2.05) is 6.07 Å². The highest BCUT2D eigenvalue weighted by Crippen LogP contribution is 2.29. The molecule has 0 saturated carbocycles. The van der Waals surface area contributed by atoms with E-state index in [0.29, 0.717) is 6.54 Å². The number of likely N-dealkylation sites (tertiary alicyclic amines) is 2. The monoisotopic (exact) mass is 274 g/mol. The van der Waals surface area contributed by atoms with Crippen molar-refractivity contribution in [2.75, 3.05) is 26.7 Å².